The van der Waals surface area contributed by atoms with Crippen LogP contribution in [0.25, 0.3) is 0 Å². The fourth-order valence-electron chi connectivity index (χ4n) is 1.63. The second-order valence-corrected chi connectivity index (χ2v) is 5.87. The minimum absolute atomic E-state index is 0.166. The summed E-state index contributed by atoms with van der Waals surface area (Å²) in [5, 5.41) is 13.0. The summed E-state index contributed by atoms with van der Waals surface area (Å²) >= 11 is 0. The number of hydrogen-bond acceptors (Lipinski definition) is 3. The van der Waals surface area contributed by atoms with Gasteiger partial charge in [0.1, 0.15) is 0 Å². The number of carbonyl (C=O) groups is 1. The number of nitrogens with two attached hydrogens (primary N) is 1. The maximum absolute atomic E-state index is 12.3. The van der Waals surface area contributed by atoms with Crippen molar-refractivity contribution < 1.29 is 9.90 Å². The molecule has 1 unspecified atom stereocenters. The molecule has 0 saturated heterocycles. The van der Waals surface area contributed by atoms with Gasteiger partial charge in [-0.25, -0.2) is 0 Å². The van der Waals surface area contributed by atoms with Crippen LogP contribution in [0.15, 0.2) is 30.3 Å². The molecule has 106 valence electrons. The van der Waals surface area contributed by atoms with Gasteiger partial charge in [-0.3, -0.25) is 4.79 Å². The number of benzene rings is 1. The molecule has 0 heterocycles. The molecule has 1 aromatic carbocycles. The summed E-state index contributed by atoms with van der Waals surface area (Å²) in [6.45, 7) is 7.17. The molecule has 0 aromatic heterocycles. The first kappa shape index (κ1) is 15.7. The smallest absolute Gasteiger partial charge is 0.229 e. The predicted molar refractivity (Wildman–Crippen MR) is 76.8 cm³/mol. The first-order valence-corrected chi connectivity index (χ1v) is 6.48. The van der Waals surface area contributed by atoms with Crippen LogP contribution in [0.5, 0.6) is 0 Å². The van der Waals surface area contributed by atoms with Gasteiger partial charge >= 0.3 is 0 Å². The molecule has 0 aliphatic heterocycles. The Labute approximate surface area is 115 Å². The van der Waals surface area contributed by atoms with Gasteiger partial charge in [-0.1, -0.05) is 30.3 Å². The number of hydrogen-bond donors (Lipinski definition) is 3. The lowest BCUT2D eigenvalue weighted by atomic mass is 9.85. The van der Waals surface area contributed by atoms with Crippen molar-refractivity contribution in [3.63, 3.8) is 0 Å². The van der Waals surface area contributed by atoms with E-state index in [1.807, 2.05) is 30.3 Å². The minimum Gasteiger partial charge on any atom is -0.388 e. The third-order valence-electron chi connectivity index (χ3n) is 3.72. The number of aliphatic hydroxyl groups is 1. The zero-order chi connectivity index (χ0) is 14.7. The van der Waals surface area contributed by atoms with Gasteiger partial charge in [0.05, 0.1) is 17.1 Å². The van der Waals surface area contributed by atoms with Gasteiger partial charge in [0, 0.05) is 6.54 Å². The van der Waals surface area contributed by atoms with Crippen LogP contribution < -0.4 is 11.1 Å². The van der Waals surface area contributed by atoms with E-state index >= 15 is 0 Å². The molecule has 19 heavy (non-hydrogen) atoms. The molecule has 1 aromatic rings. The Bertz CT molecular complexity index is 422. The largest absolute Gasteiger partial charge is 0.388 e. The van der Waals surface area contributed by atoms with Crippen molar-refractivity contribution >= 4 is 5.91 Å². The van der Waals surface area contributed by atoms with Gasteiger partial charge in [0.25, 0.3) is 0 Å². The highest BCUT2D eigenvalue weighted by Gasteiger charge is 2.37. The van der Waals surface area contributed by atoms with Crippen LogP contribution in [0.2, 0.25) is 0 Å². The van der Waals surface area contributed by atoms with E-state index in [0.29, 0.717) is 0 Å². The molecule has 0 fully saturated rings. The quantitative estimate of drug-likeness (QED) is 0.752. The van der Waals surface area contributed by atoms with E-state index in [1.165, 1.54) is 0 Å². The molecule has 1 rings (SSSR count). The van der Waals surface area contributed by atoms with Crippen molar-refractivity contribution in [1.82, 2.24) is 5.32 Å². The summed E-state index contributed by atoms with van der Waals surface area (Å²) in [5.41, 5.74) is 4.85. The van der Waals surface area contributed by atoms with Crippen LogP contribution in [0, 0.1) is 0 Å². The topological polar surface area (TPSA) is 75.3 Å². The van der Waals surface area contributed by atoms with Crippen molar-refractivity contribution in [2.24, 2.45) is 5.73 Å². The summed E-state index contributed by atoms with van der Waals surface area (Å²) < 4.78 is 0. The van der Waals surface area contributed by atoms with E-state index in [-0.39, 0.29) is 12.5 Å². The Hall–Kier alpha value is -1.39. The lowest BCUT2D eigenvalue weighted by Crippen LogP contribution is -2.59. The molecule has 0 aliphatic rings. The van der Waals surface area contributed by atoms with Crippen LogP contribution in [-0.4, -0.2) is 28.7 Å². The highest BCUT2D eigenvalue weighted by molar-refractivity contribution is 5.84. The summed E-state index contributed by atoms with van der Waals surface area (Å²) in [4.78, 5) is 12.3. The molecule has 4 heteroatoms. The van der Waals surface area contributed by atoms with Crippen molar-refractivity contribution in [3.8, 4) is 0 Å². The van der Waals surface area contributed by atoms with Gasteiger partial charge < -0.3 is 16.2 Å². The Morgan fingerprint density at radius 1 is 1.26 bits per heavy atom. The number of rotatable bonds is 5. The molecule has 0 aliphatic carbocycles. The van der Waals surface area contributed by atoms with Crippen LogP contribution in [-0.2, 0) is 4.79 Å². The number of amides is 1. The Morgan fingerprint density at radius 3 is 2.21 bits per heavy atom. The number of carbonyl (C=O) groups excluding carboxylic acids is 1. The Kier molecular flexibility index (Phi) is 4.71. The average molecular weight is 264 g/mol. The fourth-order valence-corrected chi connectivity index (χ4v) is 1.63. The molecule has 0 saturated carbocycles. The van der Waals surface area contributed by atoms with Crippen molar-refractivity contribution in [1.29, 1.82) is 0 Å². The standard InChI is InChI=1S/C15H24N2O2/c1-14(2,15(3,4)19)17-13(18)12(10-16)11-8-6-5-7-9-11/h5-9,12,19H,10,16H2,1-4H3,(H,17,18). The van der Waals surface area contributed by atoms with Crippen LogP contribution >= 0.6 is 0 Å². The SMILES string of the molecule is CC(C)(O)C(C)(C)NC(=O)C(CN)c1ccccc1. The van der Waals surface area contributed by atoms with E-state index in [4.69, 9.17) is 5.73 Å². The molecular weight excluding hydrogens is 240 g/mol. The zero-order valence-corrected chi connectivity index (χ0v) is 12.1. The Balaban J connectivity index is 2.88. The lowest BCUT2D eigenvalue weighted by Gasteiger charge is -2.38. The molecule has 0 spiro atoms. The van der Waals surface area contributed by atoms with Gasteiger partial charge in [-0.15, -0.1) is 0 Å². The molecule has 1 atom stereocenters. The summed E-state index contributed by atoms with van der Waals surface area (Å²) in [7, 11) is 0. The molecule has 4 nitrogen and oxygen atoms in total. The van der Waals surface area contributed by atoms with E-state index in [9.17, 15) is 9.90 Å². The van der Waals surface area contributed by atoms with E-state index in [2.05, 4.69) is 5.32 Å². The van der Waals surface area contributed by atoms with E-state index in [0.717, 1.165) is 5.56 Å². The van der Waals surface area contributed by atoms with Gasteiger partial charge in [0.2, 0.25) is 5.91 Å². The highest BCUT2D eigenvalue weighted by atomic mass is 16.3. The first-order valence-electron chi connectivity index (χ1n) is 6.48. The molecule has 4 N–H and O–H groups in total. The second kappa shape index (κ2) is 5.72. The monoisotopic (exact) mass is 264 g/mol. The van der Waals surface area contributed by atoms with Gasteiger partial charge in [-0.05, 0) is 33.3 Å². The summed E-state index contributed by atoms with van der Waals surface area (Å²) in [5.74, 6) is -0.566. The number of nitrogens with one attached hydrogen (secondary N) is 1. The Morgan fingerprint density at radius 2 is 1.79 bits per heavy atom. The van der Waals surface area contributed by atoms with Crippen molar-refractivity contribution in [3.05, 3.63) is 35.9 Å². The van der Waals surface area contributed by atoms with Gasteiger partial charge in [-0.2, -0.15) is 0 Å². The average Bonchev–Trinajstić information content (AvgIpc) is 2.29. The maximum Gasteiger partial charge on any atom is 0.229 e. The van der Waals surface area contributed by atoms with Crippen LogP contribution in [0.4, 0.5) is 0 Å². The molecular formula is C15H24N2O2. The summed E-state index contributed by atoms with van der Waals surface area (Å²) in [6, 6.07) is 9.43. The van der Waals surface area contributed by atoms with Crippen molar-refractivity contribution in [2.45, 2.75) is 44.8 Å². The highest BCUT2D eigenvalue weighted by Crippen LogP contribution is 2.23. The second-order valence-electron chi connectivity index (χ2n) is 5.87. The third kappa shape index (κ3) is 3.78. The predicted octanol–water partition coefficient (Wildman–Crippen LogP) is 1.39. The fraction of sp³-hybridized carbons (Fsp3) is 0.533. The van der Waals surface area contributed by atoms with E-state index in [1.54, 1.807) is 27.7 Å². The van der Waals surface area contributed by atoms with Crippen molar-refractivity contribution in [2.75, 3.05) is 6.54 Å². The molecule has 0 radical (unpaired) electrons. The normalized spacial score (nSPS) is 14.0. The molecule has 0 bridgehead atoms. The van der Waals surface area contributed by atoms with Crippen LogP contribution in [0.3, 0.4) is 0 Å². The van der Waals surface area contributed by atoms with Crippen LogP contribution in [0.1, 0.15) is 39.2 Å². The van der Waals surface area contributed by atoms with Gasteiger partial charge in [0.15, 0.2) is 0 Å². The zero-order valence-electron chi connectivity index (χ0n) is 12.1. The first-order chi connectivity index (χ1) is 8.69. The molecule has 1 amide bonds. The minimum atomic E-state index is -1.02. The lowest BCUT2D eigenvalue weighted by molar-refractivity contribution is -0.127. The maximum atomic E-state index is 12.3. The summed E-state index contributed by atoms with van der Waals surface area (Å²) in [6.07, 6.45) is 0. The van der Waals surface area contributed by atoms with E-state index < -0.39 is 17.1 Å². The third-order valence-corrected chi connectivity index (χ3v) is 3.72.